The molecule has 1 aliphatic rings. The van der Waals surface area contributed by atoms with E-state index in [0.717, 1.165) is 42.2 Å². The van der Waals surface area contributed by atoms with Gasteiger partial charge in [-0.15, -0.1) is 0 Å². The SMILES string of the molecule is Cc1nc(N2CC(CCN(C)S(N)(=O)=O)C2)c2c(cnn2C)n1. The highest BCUT2D eigenvalue weighted by Gasteiger charge is 2.30. The van der Waals surface area contributed by atoms with Crippen LogP contribution in [0.1, 0.15) is 12.2 Å². The van der Waals surface area contributed by atoms with E-state index in [1.807, 2.05) is 14.0 Å². The van der Waals surface area contributed by atoms with Crippen molar-refractivity contribution in [2.75, 3.05) is 31.6 Å². The van der Waals surface area contributed by atoms with Gasteiger partial charge in [0, 0.05) is 33.7 Å². The van der Waals surface area contributed by atoms with Gasteiger partial charge >= 0.3 is 0 Å². The maximum Gasteiger partial charge on any atom is 0.276 e. The van der Waals surface area contributed by atoms with Crippen LogP contribution in [0.4, 0.5) is 5.82 Å². The molecule has 3 rings (SSSR count). The third-order valence-corrected chi connectivity index (χ3v) is 5.28. The number of nitrogens with two attached hydrogens (primary N) is 1. The Hall–Kier alpha value is -1.78. The Morgan fingerprint density at radius 1 is 1.39 bits per heavy atom. The van der Waals surface area contributed by atoms with E-state index in [1.165, 1.54) is 11.4 Å². The molecule has 0 aliphatic carbocycles. The average Bonchev–Trinajstić information content (AvgIpc) is 2.76. The van der Waals surface area contributed by atoms with E-state index >= 15 is 0 Å². The van der Waals surface area contributed by atoms with E-state index in [-0.39, 0.29) is 0 Å². The number of fused-ring (bicyclic) bond motifs is 1. The van der Waals surface area contributed by atoms with Crippen molar-refractivity contribution in [2.24, 2.45) is 18.1 Å². The van der Waals surface area contributed by atoms with Crippen LogP contribution in [0, 0.1) is 12.8 Å². The monoisotopic (exact) mass is 339 g/mol. The van der Waals surface area contributed by atoms with Gasteiger partial charge in [-0.1, -0.05) is 0 Å². The molecule has 1 saturated heterocycles. The maximum absolute atomic E-state index is 11.2. The zero-order valence-electron chi connectivity index (χ0n) is 13.5. The molecule has 0 bridgehead atoms. The average molecular weight is 339 g/mol. The molecule has 1 aliphatic heterocycles. The lowest BCUT2D eigenvalue weighted by Crippen LogP contribution is -2.49. The largest absolute Gasteiger partial charge is 0.354 e. The fourth-order valence-corrected chi connectivity index (χ4v) is 3.17. The van der Waals surface area contributed by atoms with Crippen molar-refractivity contribution in [3.8, 4) is 0 Å². The first-order chi connectivity index (χ1) is 10.8. The zero-order chi connectivity index (χ0) is 16.8. The van der Waals surface area contributed by atoms with Gasteiger partial charge in [0.15, 0.2) is 5.82 Å². The van der Waals surface area contributed by atoms with Crippen LogP contribution in [0.15, 0.2) is 6.20 Å². The van der Waals surface area contributed by atoms with E-state index in [9.17, 15) is 8.42 Å². The summed E-state index contributed by atoms with van der Waals surface area (Å²) in [4.78, 5) is 11.1. The molecule has 0 aromatic carbocycles. The minimum Gasteiger partial charge on any atom is -0.354 e. The van der Waals surface area contributed by atoms with E-state index < -0.39 is 10.2 Å². The van der Waals surface area contributed by atoms with Crippen LogP contribution in [0.3, 0.4) is 0 Å². The van der Waals surface area contributed by atoms with Gasteiger partial charge in [0.1, 0.15) is 16.9 Å². The molecule has 0 unspecified atom stereocenters. The number of aromatic nitrogens is 4. The van der Waals surface area contributed by atoms with Crippen LogP contribution in [0.25, 0.3) is 11.0 Å². The Labute approximate surface area is 135 Å². The van der Waals surface area contributed by atoms with Gasteiger partial charge in [0.05, 0.1) is 6.20 Å². The van der Waals surface area contributed by atoms with Crippen molar-refractivity contribution >= 4 is 27.1 Å². The summed E-state index contributed by atoms with van der Waals surface area (Å²) in [7, 11) is -0.217. The second-order valence-corrected chi connectivity index (χ2v) is 7.68. The lowest BCUT2D eigenvalue weighted by atomic mass is 9.96. The molecule has 9 nitrogen and oxygen atoms in total. The number of hydrogen-bond acceptors (Lipinski definition) is 6. The standard InChI is InChI=1S/C13H21N7O2S/c1-9-16-11-6-15-19(3)12(11)13(17-9)20-7-10(8-20)4-5-18(2)23(14,21)22/h6,10H,4-5,7-8H2,1-3H3,(H2,14,21,22). The van der Waals surface area contributed by atoms with Crippen LogP contribution >= 0.6 is 0 Å². The zero-order valence-corrected chi connectivity index (χ0v) is 14.3. The Morgan fingerprint density at radius 3 is 2.74 bits per heavy atom. The van der Waals surface area contributed by atoms with Gasteiger partial charge in [-0.05, 0) is 19.3 Å². The van der Waals surface area contributed by atoms with Gasteiger partial charge in [-0.2, -0.15) is 17.8 Å². The van der Waals surface area contributed by atoms with Crippen molar-refractivity contribution in [1.29, 1.82) is 0 Å². The number of aryl methyl sites for hydroxylation is 2. The Balaban J connectivity index is 1.67. The quantitative estimate of drug-likeness (QED) is 0.796. The third-order valence-electron chi connectivity index (χ3n) is 4.22. The maximum atomic E-state index is 11.2. The lowest BCUT2D eigenvalue weighted by molar-refractivity contribution is 0.343. The molecule has 126 valence electrons. The highest BCUT2D eigenvalue weighted by molar-refractivity contribution is 7.86. The lowest BCUT2D eigenvalue weighted by Gasteiger charge is -2.41. The number of anilines is 1. The van der Waals surface area contributed by atoms with Crippen LogP contribution in [0.5, 0.6) is 0 Å². The topological polar surface area (TPSA) is 110 Å². The van der Waals surface area contributed by atoms with Gasteiger partial charge in [0.2, 0.25) is 0 Å². The van der Waals surface area contributed by atoms with Crippen molar-refractivity contribution < 1.29 is 8.42 Å². The van der Waals surface area contributed by atoms with Gasteiger partial charge in [-0.25, -0.2) is 15.1 Å². The number of nitrogens with zero attached hydrogens (tertiary/aromatic N) is 6. The second-order valence-electron chi connectivity index (χ2n) is 6.02. The molecule has 10 heteroatoms. The molecule has 0 saturated carbocycles. The molecule has 3 heterocycles. The van der Waals surface area contributed by atoms with E-state index in [4.69, 9.17) is 5.14 Å². The molecule has 0 spiro atoms. The van der Waals surface area contributed by atoms with E-state index in [1.54, 1.807) is 10.9 Å². The molecule has 23 heavy (non-hydrogen) atoms. The molecule has 2 aromatic rings. The van der Waals surface area contributed by atoms with Gasteiger partial charge in [-0.3, -0.25) is 4.68 Å². The van der Waals surface area contributed by atoms with Crippen molar-refractivity contribution in [1.82, 2.24) is 24.1 Å². The molecule has 0 amide bonds. The molecular formula is C13H21N7O2S. The molecular weight excluding hydrogens is 318 g/mol. The summed E-state index contributed by atoms with van der Waals surface area (Å²) in [5.41, 5.74) is 1.77. The highest BCUT2D eigenvalue weighted by atomic mass is 32.2. The first-order valence-corrected chi connectivity index (χ1v) is 8.91. The summed E-state index contributed by atoms with van der Waals surface area (Å²) in [5, 5.41) is 9.33. The molecule has 0 radical (unpaired) electrons. The number of rotatable bonds is 5. The van der Waals surface area contributed by atoms with Crippen LogP contribution in [-0.4, -0.2) is 59.2 Å². The molecule has 2 N–H and O–H groups in total. The Bertz CT molecular complexity index is 826. The van der Waals surface area contributed by atoms with E-state index in [2.05, 4.69) is 20.0 Å². The summed E-state index contributed by atoms with van der Waals surface area (Å²) in [5.74, 6) is 2.04. The Morgan fingerprint density at radius 2 is 2.09 bits per heavy atom. The molecule has 2 aromatic heterocycles. The van der Waals surface area contributed by atoms with Crippen molar-refractivity contribution in [3.63, 3.8) is 0 Å². The van der Waals surface area contributed by atoms with Gasteiger partial charge in [0.25, 0.3) is 10.2 Å². The Kier molecular flexibility index (Phi) is 3.98. The first-order valence-electron chi connectivity index (χ1n) is 7.41. The fourth-order valence-electron chi connectivity index (χ4n) is 2.81. The van der Waals surface area contributed by atoms with Gasteiger partial charge < -0.3 is 4.90 Å². The summed E-state index contributed by atoms with van der Waals surface area (Å²) >= 11 is 0. The normalized spacial score (nSPS) is 16.3. The highest BCUT2D eigenvalue weighted by Crippen LogP contribution is 2.30. The minimum absolute atomic E-state index is 0.428. The summed E-state index contributed by atoms with van der Waals surface area (Å²) in [6.07, 6.45) is 2.52. The minimum atomic E-state index is -3.59. The molecule has 0 atom stereocenters. The van der Waals surface area contributed by atoms with Crippen LogP contribution in [0.2, 0.25) is 0 Å². The van der Waals surface area contributed by atoms with Crippen molar-refractivity contribution in [2.45, 2.75) is 13.3 Å². The molecule has 1 fully saturated rings. The summed E-state index contributed by atoms with van der Waals surface area (Å²) in [6.45, 7) is 3.99. The second kappa shape index (κ2) is 5.69. The van der Waals surface area contributed by atoms with Crippen molar-refractivity contribution in [3.05, 3.63) is 12.0 Å². The fraction of sp³-hybridized carbons (Fsp3) is 0.615. The predicted octanol–water partition coefficient (Wildman–Crippen LogP) is -0.367. The smallest absolute Gasteiger partial charge is 0.276 e. The number of hydrogen-bond donors (Lipinski definition) is 1. The first kappa shape index (κ1) is 16.1. The predicted molar refractivity (Wildman–Crippen MR) is 87.1 cm³/mol. The van der Waals surface area contributed by atoms with Crippen LogP contribution < -0.4 is 10.0 Å². The van der Waals surface area contributed by atoms with Crippen LogP contribution in [-0.2, 0) is 17.3 Å². The summed E-state index contributed by atoms with van der Waals surface area (Å²) in [6, 6.07) is 0. The summed E-state index contributed by atoms with van der Waals surface area (Å²) < 4.78 is 25.4. The van der Waals surface area contributed by atoms with E-state index in [0.29, 0.717) is 12.5 Å². The third kappa shape index (κ3) is 3.14.